The van der Waals surface area contributed by atoms with E-state index in [-0.39, 0.29) is 11.4 Å². The molecule has 2 aromatic heterocycles. The van der Waals surface area contributed by atoms with Gasteiger partial charge in [-0.2, -0.15) is 0 Å². The van der Waals surface area contributed by atoms with Crippen molar-refractivity contribution >= 4 is 11.9 Å². The van der Waals surface area contributed by atoms with Crippen LogP contribution in [0, 0.1) is 0 Å². The van der Waals surface area contributed by atoms with E-state index in [1.165, 1.54) is 7.11 Å². The van der Waals surface area contributed by atoms with Crippen LogP contribution in [0.3, 0.4) is 0 Å². The molecule has 1 saturated heterocycles. The average Bonchev–Trinajstić information content (AvgIpc) is 3.20. The van der Waals surface area contributed by atoms with Crippen molar-refractivity contribution in [2.24, 2.45) is 0 Å². The van der Waals surface area contributed by atoms with Crippen LogP contribution < -0.4 is 15.0 Å². The number of carbonyl (C=O) groups excluding carboxylic acids is 1. The van der Waals surface area contributed by atoms with E-state index in [2.05, 4.69) is 25.3 Å². The smallest absolute Gasteiger partial charge is 0.254 e. The maximum Gasteiger partial charge on any atom is 0.254 e. The third kappa shape index (κ3) is 3.81. The molecule has 0 saturated carbocycles. The second-order valence-corrected chi connectivity index (χ2v) is 6.16. The number of nitrogens with zero attached hydrogens (tertiary/aromatic N) is 4. The lowest BCUT2D eigenvalue weighted by Crippen LogP contribution is -2.48. The van der Waals surface area contributed by atoms with Gasteiger partial charge >= 0.3 is 0 Å². The van der Waals surface area contributed by atoms with Crippen molar-refractivity contribution < 1.29 is 14.1 Å². The third-order valence-electron chi connectivity index (χ3n) is 4.09. The first-order valence-corrected chi connectivity index (χ1v) is 7.90. The van der Waals surface area contributed by atoms with Crippen molar-refractivity contribution in [2.45, 2.75) is 31.7 Å². The summed E-state index contributed by atoms with van der Waals surface area (Å²) in [5.41, 5.74) is -0.282. The molecule has 1 fully saturated rings. The first-order chi connectivity index (χ1) is 11.6. The summed E-state index contributed by atoms with van der Waals surface area (Å²) in [5, 5.41) is 6.84. The van der Waals surface area contributed by atoms with Crippen molar-refractivity contribution in [3.8, 4) is 5.88 Å². The lowest BCUT2D eigenvalue weighted by molar-refractivity contribution is -0.122. The van der Waals surface area contributed by atoms with Crippen LogP contribution in [0.15, 0.2) is 29.0 Å². The Labute approximate surface area is 140 Å². The molecule has 0 aromatic carbocycles. The molecule has 3 rings (SSSR count). The molecule has 24 heavy (non-hydrogen) atoms. The number of aryl methyl sites for hydroxylation is 1. The number of anilines is 1. The summed E-state index contributed by atoms with van der Waals surface area (Å²) >= 11 is 0. The van der Waals surface area contributed by atoms with Crippen LogP contribution in [-0.2, 0) is 11.2 Å². The van der Waals surface area contributed by atoms with E-state index in [9.17, 15) is 4.79 Å². The van der Waals surface area contributed by atoms with E-state index >= 15 is 0 Å². The monoisotopic (exact) mass is 331 g/mol. The van der Waals surface area contributed by atoms with Crippen LogP contribution in [0.2, 0.25) is 0 Å². The Balaban J connectivity index is 1.50. The highest BCUT2D eigenvalue weighted by atomic mass is 16.5. The lowest BCUT2D eigenvalue weighted by Gasteiger charge is -2.26. The van der Waals surface area contributed by atoms with Crippen LogP contribution >= 0.6 is 0 Å². The van der Waals surface area contributed by atoms with E-state index in [1.54, 1.807) is 24.5 Å². The van der Waals surface area contributed by atoms with Gasteiger partial charge in [-0.3, -0.25) is 4.79 Å². The molecule has 0 radical (unpaired) electrons. The van der Waals surface area contributed by atoms with Gasteiger partial charge in [-0.1, -0.05) is 0 Å². The van der Waals surface area contributed by atoms with Gasteiger partial charge in [-0.05, 0) is 24.6 Å². The standard InChI is InChI=1S/C16H21N5O3/c1-16(6-9-21(11-16)15-17-7-3-8-18-15)19-13(22)5-4-12-10-14(23-2)20-24-12/h3,7-8,10H,4-6,9,11H2,1-2H3,(H,19,22). The Hall–Kier alpha value is -2.64. The summed E-state index contributed by atoms with van der Waals surface area (Å²) in [6.07, 6.45) is 5.14. The van der Waals surface area contributed by atoms with Gasteiger partial charge < -0.3 is 19.5 Å². The van der Waals surface area contributed by atoms with E-state index in [1.807, 2.05) is 6.92 Å². The first kappa shape index (κ1) is 16.2. The normalized spacial score (nSPS) is 20.2. The van der Waals surface area contributed by atoms with Crippen molar-refractivity contribution in [3.63, 3.8) is 0 Å². The average molecular weight is 331 g/mol. The van der Waals surface area contributed by atoms with Gasteiger partial charge in [0.05, 0.1) is 12.6 Å². The Morgan fingerprint density at radius 2 is 2.25 bits per heavy atom. The van der Waals surface area contributed by atoms with Gasteiger partial charge in [-0.25, -0.2) is 9.97 Å². The minimum Gasteiger partial charge on any atom is -0.479 e. The number of aromatic nitrogens is 3. The highest BCUT2D eigenvalue weighted by Gasteiger charge is 2.36. The molecule has 2 aromatic rings. The summed E-state index contributed by atoms with van der Waals surface area (Å²) < 4.78 is 10.1. The van der Waals surface area contributed by atoms with Crippen LogP contribution in [0.4, 0.5) is 5.95 Å². The van der Waals surface area contributed by atoms with Gasteiger partial charge in [0, 0.05) is 44.4 Å². The fourth-order valence-electron chi connectivity index (χ4n) is 2.83. The van der Waals surface area contributed by atoms with Crippen LogP contribution in [0.25, 0.3) is 0 Å². The summed E-state index contributed by atoms with van der Waals surface area (Å²) in [5.74, 6) is 1.75. The molecular weight excluding hydrogens is 310 g/mol. The minimum atomic E-state index is -0.282. The molecule has 128 valence electrons. The molecule has 1 unspecified atom stereocenters. The maximum absolute atomic E-state index is 12.2. The van der Waals surface area contributed by atoms with E-state index < -0.39 is 0 Å². The predicted octanol–water partition coefficient (Wildman–Crippen LogP) is 1.19. The lowest BCUT2D eigenvalue weighted by atomic mass is 10.0. The summed E-state index contributed by atoms with van der Waals surface area (Å²) in [7, 11) is 1.53. The second-order valence-electron chi connectivity index (χ2n) is 6.16. The van der Waals surface area contributed by atoms with Crippen LogP contribution in [0.5, 0.6) is 5.88 Å². The zero-order valence-corrected chi connectivity index (χ0v) is 13.9. The van der Waals surface area contributed by atoms with Crippen LogP contribution in [-0.4, -0.2) is 46.8 Å². The molecule has 0 bridgehead atoms. The summed E-state index contributed by atoms with van der Waals surface area (Å²) in [6, 6.07) is 3.48. The Bertz CT molecular complexity index is 690. The number of ether oxygens (including phenoxy) is 1. The van der Waals surface area contributed by atoms with E-state index in [0.29, 0.717) is 37.0 Å². The molecule has 8 nitrogen and oxygen atoms in total. The van der Waals surface area contributed by atoms with E-state index in [0.717, 1.165) is 13.0 Å². The fourth-order valence-corrected chi connectivity index (χ4v) is 2.83. The highest BCUT2D eigenvalue weighted by Crippen LogP contribution is 2.24. The molecule has 8 heteroatoms. The number of carbonyl (C=O) groups is 1. The molecule has 0 spiro atoms. The zero-order chi connectivity index (χ0) is 17.0. The van der Waals surface area contributed by atoms with Crippen molar-refractivity contribution in [3.05, 3.63) is 30.3 Å². The fraction of sp³-hybridized carbons (Fsp3) is 0.500. The number of hydrogen-bond acceptors (Lipinski definition) is 7. The molecule has 1 amide bonds. The molecular formula is C16H21N5O3. The topological polar surface area (TPSA) is 93.4 Å². The molecule has 1 N–H and O–H groups in total. The van der Waals surface area contributed by atoms with Crippen LogP contribution in [0.1, 0.15) is 25.5 Å². The van der Waals surface area contributed by atoms with Crippen molar-refractivity contribution in [1.82, 2.24) is 20.4 Å². The van der Waals surface area contributed by atoms with Gasteiger partial charge in [0.1, 0.15) is 5.76 Å². The first-order valence-electron chi connectivity index (χ1n) is 7.90. The zero-order valence-electron chi connectivity index (χ0n) is 13.9. The van der Waals surface area contributed by atoms with Gasteiger partial charge in [0.2, 0.25) is 11.9 Å². The Kier molecular flexibility index (Phi) is 4.64. The van der Waals surface area contributed by atoms with Crippen molar-refractivity contribution in [1.29, 1.82) is 0 Å². The molecule has 1 atom stereocenters. The SMILES string of the molecule is COc1cc(CCC(=O)NC2(C)CCN(c3ncccn3)C2)on1. The predicted molar refractivity (Wildman–Crippen MR) is 86.8 cm³/mol. The summed E-state index contributed by atoms with van der Waals surface area (Å²) in [4.78, 5) is 22.9. The number of nitrogens with one attached hydrogen (secondary N) is 1. The number of amides is 1. The molecule has 3 heterocycles. The minimum absolute atomic E-state index is 0.0105. The van der Waals surface area contributed by atoms with Gasteiger partial charge in [-0.15, -0.1) is 0 Å². The molecule has 0 aliphatic carbocycles. The highest BCUT2D eigenvalue weighted by molar-refractivity contribution is 5.77. The second kappa shape index (κ2) is 6.86. The quantitative estimate of drug-likeness (QED) is 0.850. The van der Waals surface area contributed by atoms with Gasteiger partial charge in [0.15, 0.2) is 0 Å². The summed E-state index contributed by atoms with van der Waals surface area (Å²) in [6.45, 7) is 3.56. The Morgan fingerprint density at radius 3 is 2.96 bits per heavy atom. The van der Waals surface area contributed by atoms with Crippen molar-refractivity contribution in [2.75, 3.05) is 25.1 Å². The maximum atomic E-state index is 12.2. The number of hydrogen-bond donors (Lipinski definition) is 1. The third-order valence-corrected chi connectivity index (χ3v) is 4.09. The number of rotatable bonds is 6. The largest absolute Gasteiger partial charge is 0.479 e. The van der Waals surface area contributed by atoms with E-state index in [4.69, 9.17) is 9.26 Å². The number of methoxy groups -OCH3 is 1. The molecule has 1 aliphatic heterocycles. The van der Waals surface area contributed by atoms with Gasteiger partial charge in [0.25, 0.3) is 5.88 Å². The Morgan fingerprint density at radius 1 is 1.46 bits per heavy atom. The molecule has 1 aliphatic rings.